The fourth-order valence-corrected chi connectivity index (χ4v) is 5.73. The quantitative estimate of drug-likeness (QED) is 0.775. The second-order valence-electron chi connectivity index (χ2n) is 7.35. The molecule has 5 rings (SSSR count). The molecule has 2 saturated heterocycles. The van der Waals surface area contributed by atoms with Gasteiger partial charge in [0, 0.05) is 30.2 Å². The number of benzene rings is 1. The molecule has 1 aromatic rings. The van der Waals surface area contributed by atoms with E-state index in [1.807, 2.05) is 0 Å². The van der Waals surface area contributed by atoms with Gasteiger partial charge in [-0.25, -0.2) is 0 Å². The van der Waals surface area contributed by atoms with E-state index in [1.165, 1.54) is 50.9 Å². The SMILES string of the molecule is c1ccc2c(c1)N[C@H]1[C@H]3[C@H]4CCCC[C@@H]4CN3CC[C@H]21. The van der Waals surface area contributed by atoms with Crippen LogP contribution in [0.4, 0.5) is 5.69 Å². The van der Waals surface area contributed by atoms with Crippen LogP contribution < -0.4 is 5.32 Å². The maximum absolute atomic E-state index is 3.90. The van der Waals surface area contributed by atoms with Gasteiger partial charge in [-0.15, -0.1) is 0 Å². The summed E-state index contributed by atoms with van der Waals surface area (Å²) in [7, 11) is 0. The van der Waals surface area contributed by atoms with Gasteiger partial charge in [-0.05, 0) is 49.3 Å². The zero-order valence-corrected chi connectivity index (χ0v) is 12.1. The second kappa shape index (κ2) is 4.24. The molecule has 0 unspecified atom stereocenters. The first-order chi connectivity index (χ1) is 9.92. The Bertz CT molecular complexity index is 526. The number of rotatable bonds is 0. The summed E-state index contributed by atoms with van der Waals surface area (Å²) < 4.78 is 0. The predicted octanol–water partition coefficient (Wildman–Crippen LogP) is 3.46. The van der Waals surface area contributed by atoms with E-state index in [-0.39, 0.29) is 0 Å². The average Bonchev–Trinajstić information content (AvgIpc) is 3.04. The number of anilines is 1. The van der Waals surface area contributed by atoms with E-state index in [1.54, 1.807) is 5.56 Å². The lowest BCUT2D eigenvalue weighted by molar-refractivity contribution is 0.138. The number of nitrogens with one attached hydrogen (secondary N) is 1. The highest BCUT2D eigenvalue weighted by Gasteiger charge is 2.52. The van der Waals surface area contributed by atoms with Gasteiger partial charge in [0.2, 0.25) is 0 Å². The van der Waals surface area contributed by atoms with E-state index >= 15 is 0 Å². The van der Waals surface area contributed by atoms with Crippen molar-refractivity contribution in [1.82, 2.24) is 4.90 Å². The van der Waals surface area contributed by atoms with Gasteiger partial charge in [-0.2, -0.15) is 0 Å². The minimum atomic E-state index is 0.689. The van der Waals surface area contributed by atoms with Crippen LogP contribution in [-0.4, -0.2) is 30.1 Å². The summed E-state index contributed by atoms with van der Waals surface area (Å²) in [6.45, 7) is 2.71. The summed E-state index contributed by atoms with van der Waals surface area (Å²) in [6.07, 6.45) is 7.26. The Morgan fingerprint density at radius 2 is 1.95 bits per heavy atom. The van der Waals surface area contributed by atoms with Crippen LogP contribution in [0.25, 0.3) is 0 Å². The van der Waals surface area contributed by atoms with Crippen LogP contribution in [0.5, 0.6) is 0 Å². The van der Waals surface area contributed by atoms with E-state index in [9.17, 15) is 0 Å². The van der Waals surface area contributed by atoms with Crippen LogP contribution in [0, 0.1) is 11.8 Å². The minimum Gasteiger partial charge on any atom is -0.380 e. The van der Waals surface area contributed by atoms with E-state index in [0.29, 0.717) is 6.04 Å². The highest BCUT2D eigenvalue weighted by atomic mass is 15.2. The highest BCUT2D eigenvalue weighted by molar-refractivity contribution is 5.60. The molecule has 3 heterocycles. The average molecular weight is 268 g/mol. The van der Waals surface area contributed by atoms with Gasteiger partial charge in [-0.3, -0.25) is 4.90 Å². The summed E-state index contributed by atoms with van der Waals surface area (Å²) in [5.41, 5.74) is 3.01. The predicted molar refractivity (Wildman–Crippen MR) is 82.0 cm³/mol. The van der Waals surface area contributed by atoms with Crippen molar-refractivity contribution in [3.63, 3.8) is 0 Å². The highest BCUT2D eigenvalue weighted by Crippen LogP contribution is 2.50. The molecule has 1 saturated carbocycles. The van der Waals surface area contributed by atoms with Crippen LogP contribution >= 0.6 is 0 Å². The van der Waals surface area contributed by atoms with Crippen molar-refractivity contribution in [2.45, 2.75) is 50.1 Å². The summed E-state index contributed by atoms with van der Waals surface area (Å²) in [5.74, 6) is 2.74. The van der Waals surface area contributed by atoms with Crippen molar-refractivity contribution in [1.29, 1.82) is 0 Å². The Hall–Kier alpha value is -1.02. The van der Waals surface area contributed by atoms with Crippen molar-refractivity contribution in [2.75, 3.05) is 18.4 Å². The first kappa shape index (κ1) is 11.6. The molecule has 2 nitrogen and oxygen atoms in total. The lowest BCUT2D eigenvalue weighted by Crippen LogP contribution is -2.51. The van der Waals surface area contributed by atoms with Crippen molar-refractivity contribution < 1.29 is 0 Å². The molecule has 0 radical (unpaired) electrons. The van der Waals surface area contributed by atoms with E-state index in [2.05, 4.69) is 34.5 Å². The first-order valence-corrected chi connectivity index (χ1v) is 8.51. The smallest absolute Gasteiger partial charge is 0.0489 e. The van der Waals surface area contributed by atoms with Crippen molar-refractivity contribution >= 4 is 5.69 Å². The third-order valence-electron chi connectivity index (χ3n) is 6.51. The van der Waals surface area contributed by atoms with Gasteiger partial charge in [0.15, 0.2) is 0 Å². The van der Waals surface area contributed by atoms with Gasteiger partial charge in [0.05, 0.1) is 0 Å². The largest absolute Gasteiger partial charge is 0.380 e. The maximum Gasteiger partial charge on any atom is 0.0489 e. The Balaban J connectivity index is 1.51. The number of hydrogen-bond donors (Lipinski definition) is 1. The van der Waals surface area contributed by atoms with E-state index < -0.39 is 0 Å². The number of nitrogens with zero attached hydrogens (tertiary/aromatic N) is 1. The van der Waals surface area contributed by atoms with Gasteiger partial charge in [0.1, 0.15) is 0 Å². The lowest BCUT2D eigenvalue weighted by Gasteiger charge is -2.42. The molecular weight excluding hydrogens is 244 g/mol. The molecular formula is C18H24N2. The molecule has 106 valence electrons. The number of para-hydroxylation sites is 1. The molecule has 2 heteroatoms. The normalized spacial score (nSPS) is 42.3. The van der Waals surface area contributed by atoms with Crippen LogP contribution in [0.1, 0.15) is 43.6 Å². The number of fused-ring (bicyclic) bond motifs is 7. The minimum absolute atomic E-state index is 0.689. The van der Waals surface area contributed by atoms with Crippen molar-refractivity contribution in [3.8, 4) is 0 Å². The summed E-state index contributed by atoms with van der Waals surface area (Å²) >= 11 is 0. The molecule has 20 heavy (non-hydrogen) atoms. The number of piperidine rings is 1. The second-order valence-corrected chi connectivity index (χ2v) is 7.35. The van der Waals surface area contributed by atoms with Crippen LogP contribution in [0.2, 0.25) is 0 Å². The Morgan fingerprint density at radius 3 is 2.95 bits per heavy atom. The summed E-state index contributed by atoms with van der Waals surface area (Å²) in [5, 5.41) is 3.90. The van der Waals surface area contributed by atoms with Crippen LogP contribution in [-0.2, 0) is 0 Å². The molecule has 1 aliphatic carbocycles. The van der Waals surface area contributed by atoms with E-state index in [0.717, 1.165) is 23.8 Å². The first-order valence-electron chi connectivity index (χ1n) is 8.51. The van der Waals surface area contributed by atoms with Gasteiger partial charge < -0.3 is 5.32 Å². The third kappa shape index (κ3) is 1.49. The van der Waals surface area contributed by atoms with Gasteiger partial charge in [0.25, 0.3) is 0 Å². The molecule has 4 aliphatic rings. The molecule has 1 N–H and O–H groups in total. The fraction of sp³-hybridized carbons (Fsp3) is 0.667. The van der Waals surface area contributed by atoms with E-state index in [4.69, 9.17) is 0 Å². The molecule has 0 aromatic heterocycles. The Morgan fingerprint density at radius 1 is 1.05 bits per heavy atom. The van der Waals surface area contributed by atoms with Crippen LogP contribution in [0.3, 0.4) is 0 Å². The maximum atomic E-state index is 3.90. The standard InChI is InChI=1S/C18H24N2/c1-2-6-13-12(5-1)11-20-10-9-15-14-7-3-4-8-16(14)19-17(15)18(13)20/h3-4,7-8,12-13,15,17-19H,1-2,5-6,9-11H2/t12-,13+,15-,17-,18-/m1/s1. The summed E-state index contributed by atoms with van der Waals surface area (Å²) in [4.78, 5) is 2.83. The Kier molecular flexibility index (Phi) is 2.46. The fourth-order valence-electron chi connectivity index (χ4n) is 5.73. The summed E-state index contributed by atoms with van der Waals surface area (Å²) in [6, 6.07) is 10.5. The van der Waals surface area contributed by atoms with Gasteiger partial charge in [-0.1, -0.05) is 31.0 Å². The molecule has 0 amide bonds. The zero-order valence-electron chi connectivity index (χ0n) is 12.1. The monoisotopic (exact) mass is 268 g/mol. The molecule has 0 spiro atoms. The third-order valence-corrected chi connectivity index (χ3v) is 6.51. The number of hydrogen-bond acceptors (Lipinski definition) is 2. The molecule has 0 bridgehead atoms. The molecule has 5 atom stereocenters. The molecule has 3 fully saturated rings. The van der Waals surface area contributed by atoms with Crippen molar-refractivity contribution in [3.05, 3.63) is 29.8 Å². The molecule has 1 aromatic carbocycles. The van der Waals surface area contributed by atoms with Gasteiger partial charge >= 0.3 is 0 Å². The van der Waals surface area contributed by atoms with Crippen molar-refractivity contribution in [2.24, 2.45) is 11.8 Å². The Labute approximate surface area is 121 Å². The lowest BCUT2D eigenvalue weighted by atomic mass is 9.73. The van der Waals surface area contributed by atoms with Crippen LogP contribution in [0.15, 0.2) is 24.3 Å². The topological polar surface area (TPSA) is 15.3 Å². The zero-order chi connectivity index (χ0) is 13.1. The molecule has 3 aliphatic heterocycles.